The number of thiazole rings is 1. The molecule has 0 radical (unpaired) electrons. The van der Waals surface area contributed by atoms with Gasteiger partial charge in [0.25, 0.3) is 0 Å². The van der Waals surface area contributed by atoms with Crippen molar-refractivity contribution < 1.29 is 19.0 Å². The lowest BCUT2D eigenvalue weighted by Crippen LogP contribution is -2.22. The molecule has 1 aliphatic heterocycles. The molecule has 3 rings (SSSR count). The highest BCUT2D eigenvalue weighted by Gasteiger charge is 2.23. The molecule has 1 aromatic carbocycles. The van der Waals surface area contributed by atoms with Crippen molar-refractivity contribution in [2.24, 2.45) is 5.41 Å². The lowest BCUT2D eigenvalue weighted by Gasteiger charge is -2.15. The third kappa shape index (κ3) is 3.06. The number of fused-ring (bicyclic) bond motifs is 1. The van der Waals surface area contributed by atoms with Crippen LogP contribution in [0.1, 0.15) is 25.8 Å². The zero-order valence-electron chi connectivity index (χ0n) is 12.7. The summed E-state index contributed by atoms with van der Waals surface area (Å²) in [5, 5.41) is 2.71. The van der Waals surface area contributed by atoms with E-state index in [4.69, 9.17) is 14.2 Å². The molecule has 0 saturated heterocycles. The topological polar surface area (TPSA) is 57.7 Å². The van der Waals surface area contributed by atoms with Crippen LogP contribution in [0.3, 0.4) is 0 Å². The third-order valence-electron chi connectivity index (χ3n) is 3.16. The number of esters is 1. The van der Waals surface area contributed by atoms with Gasteiger partial charge in [-0.1, -0.05) is 0 Å². The van der Waals surface area contributed by atoms with Crippen molar-refractivity contribution in [3.05, 3.63) is 28.6 Å². The summed E-state index contributed by atoms with van der Waals surface area (Å²) in [7, 11) is 0. The summed E-state index contributed by atoms with van der Waals surface area (Å²) in [6.07, 6.45) is 0. The summed E-state index contributed by atoms with van der Waals surface area (Å²) >= 11 is 1.47. The zero-order chi connectivity index (χ0) is 15.7. The number of ether oxygens (including phenoxy) is 3. The second kappa shape index (κ2) is 5.61. The number of aromatic nitrogens is 1. The van der Waals surface area contributed by atoms with Gasteiger partial charge in [0.1, 0.15) is 11.6 Å². The van der Waals surface area contributed by atoms with Crippen LogP contribution in [-0.4, -0.2) is 17.7 Å². The monoisotopic (exact) mass is 319 g/mol. The van der Waals surface area contributed by atoms with Gasteiger partial charge in [0.2, 0.25) is 6.79 Å². The van der Waals surface area contributed by atoms with Gasteiger partial charge in [-0.3, -0.25) is 4.79 Å². The van der Waals surface area contributed by atoms with Gasteiger partial charge in [-0.15, -0.1) is 11.3 Å². The largest absolute Gasteiger partial charge is 0.458 e. The zero-order valence-corrected chi connectivity index (χ0v) is 13.5. The summed E-state index contributed by atoms with van der Waals surface area (Å²) in [5.41, 5.74) is 1.29. The van der Waals surface area contributed by atoms with Crippen molar-refractivity contribution in [1.29, 1.82) is 0 Å². The van der Waals surface area contributed by atoms with E-state index in [1.807, 2.05) is 44.4 Å². The Morgan fingerprint density at radius 3 is 2.86 bits per heavy atom. The maximum atomic E-state index is 11.8. The molecular formula is C16H17NO4S. The van der Waals surface area contributed by atoms with Crippen LogP contribution >= 0.6 is 11.3 Å². The first-order valence-corrected chi connectivity index (χ1v) is 7.83. The van der Waals surface area contributed by atoms with Crippen molar-refractivity contribution in [2.45, 2.75) is 27.4 Å². The van der Waals surface area contributed by atoms with Crippen molar-refractivity contribution in [3.63, 3.8) is 0 Å². The quantitative estimate of drug-likeness (QED) is 0.809. The van der Waals surface area contributed by atoms with Crippen molar-refractivity contribution in [3.8, 4) is 22.8 Å². The van der Waals surface area contributed by atoms with Crippen LogP contribution < -0.4 is 9.47 Å². The third-order valence-corrected chi connectivity index (χ3v) is 3.98. The van der Waals surface area contributed by atoms with Crippen molar-refractivity contribution in [1.82, 2.24) is 4.98 Å². The predicted octanol–water partition coefficient (Wildman–Crippen LogP) is 3.63. The van der Waals surface area contributed by atoms with Crippen LogP contribution in [0.5, 0.6) is 11.5 Å². The second-order valence-electron chi connectivity index (χ2n) is 6.02. The SMILES string of the molecule is CC(C)(C)C(=O)OCc1nc(-c2ccc3c(c2)OCO3)cs1. The fourth-order valence-corrected chi connectivity index (χ4v) is 2.62. The Balaban J connectivity index is 1.70. The van der Waals surface area contributed by atoms with Gasteiger partial charge in [-0.25, -0.2) is 4.98 Å². The van der Waals surface area contributed by atoms with Gasteiger partial charge in [-0.2, -0.15) is 0 Å². The molecule has 0 saturated carbocycles. The van der Waals surface area contributed by atoms with E-state index >= 15 is 0 Å². The molecule has 6 heteroatoms. The average Bonchev–Trinajstić information content (AvgIpc) is 3.11. The second-order valence-corrected chi connectivity index (χ2v) is 6.96. The van der Waals surface area contributed by atoms with Crippen molar-refractivity contribution >= 4 is 17.3 Å². The van der Waals surface area contributed by atoms with Crippen molar-refractivity contribution in [2.75, 3.05) is 6.79 Å². The first kappa shape index (κ1) is 14.8. The molecule has 0 spiro atoms. The standard InChI is InChI=1S/C16H17NO4S/c1-16(2,3)15(18)19-7-14-17-11(8-22-14)10-4-5-12-13(6-10)21-9-20-12/h4-6,8H,7,9H2,1-3H3. The van der Waals surface area contributed by atoms with E-state index in [-0.39, 0.29) is 19.4 Å². The van der Waals surface area contributed by atoms with Crippen LogP contribution in [0.4, 0.5) is 0 Å². The van der Waals surface area contributed by atoms with E-state index in [0.717, 1.165) is 27.8 Å². The molecule has 0 unspecified atom stereocenters. The average molecular weight is 319 g/mol. The summed E-state index contributed by atoms with van der Waals surface area (Å²) in [5.74, 6) is 1.25. The first-order valence-electron chi connectivity index (χ1n) is 6.95. The minimum absolute atomic E-state index is 0.200. The van der Waals surface area contributed by atoms with Gasteiger partial charge in [0.15, 0.2) is 11.5 Å². The Morgan fingerprint density at radius 2 is 2.09 bits per heavy atom. The number of carbonyl (C=O) groups is 1. The van der Waals surface area contributed by atoms with Crippen LogP contribution in [-0.2, 0) is 16.1 Å². The maximum absolute atomic E-state index is 11.8. The van der Waals surface area contributed by atoms with Crippen LogP contribution in [0.15, 0.2) is 23.6 Å². The van der Waals surface area contributed by atoms with Gasteiger partial charge < -0.3 is 14.2 Å². The molecule has 5 nitrogen and oxygen atoms in total. The normalized spacial score (nSPS) is 13.2. The molecule has 0 atom stereocenters. The molecule has 0 aliphatic carbocycles. The minimum atomic E-state index is -0.503. The van der Waals surface area contributed by atoms with Gasteiger partial charge >= 0.3 is 5.97 Å². The highest BCUT2D eigenvalue weighted by atomic mass is 32.1. The summed E-state index contributed by atoms with van der Waals surface area (Å²) < 4.78 is 15.9. The molecule has 116 valence electrons. The number of hydrogen-bond acceptors (Lipinski definition) is 6. The smallest absolute Gasteiger partial charge is 0.311 e. The summed E-state index contributed by atoms with van der Waals surface area (Å²) in [6, 6.07) is 5.71. The lowest BCUT2D eigenvalue weighted by atomic mass is 9.97. The highest BCUT2D eigenvalue weighted by molar-refractivity contribution is 7.09. The predicted molar refractivity (Wildman–Crippen MR) is 82.9 cm³/mol. The molecule has 0 bridgehead atoms. The van der Waals surface area contributed by atoms with Gasteiger partial charge in [0.05, 0.1) is 11.1 Å². The van der Waals surface area contributed by atoms with Gasteiger partial charge in [0, 0.05) is 10.9 Å². The number of benzene rings is 1. The van der Waals surface area contributed by atoms with E-state index in [2.05, 4.69) is 4.98 Å². The molecule has 0 N–H and O–H groups in total. The highest BCUT2D eigenvalue weighted by Crippen LogP contribution is 2.36. The van der Waals surface area contributed by atoms with E-state index in [1.165, 1.54) is 11.3 Å². The fraction of sp³-hybridized carbons (Fsp3) is 0.375. The minimum Gasteiger partial charge on any atom is -0.458 e. The molecule has 1 aliphatic rings. The Labute approximate surface area is 132 Å². The van der Waals surface area contributed by atoms with Crippen LogP contribution in [0, 0.1) is 5.41 Å². The molecular weight excluding hydrogens is 302 g/mol. The Hall–Kier alpha value is -2.08. The maximum Gasteiger partial charge on any atom is 0.311 e. The summed E-state index contributed by atoms with van der Waals surface area (Å²) in [4.78, 5) is 16.3. The Kier molecular flexibility index (Phi) is 3.78. The lowest BCUT2D eigenvalue weighted by molar-refractivity contribution is -0.154. The molecule has 2 heterocycles. The molecule has 22 heavy (non-hydrogen) atoms. The van der Waals surface area contributed by atoms with E-state index in [1.54, 1.807) is 0 Å². The molecule has 0 amide bonds. The number of hydrogen-bond donors (Lipinski definition) is 0. The van der Waals surface area contributed by atoms with Gasteiger partial charge in [-0.05, 0) is 39.0 Å². The number of nitrogens with zero attached hydrogens (tertiary/aromatic N) is 1. The fourth-order valence-electron chi connectivity index (χ4n) is 1.91. The van der Waals surface area contributed by atoms with E-state index < -0.39 is 5.41 Å². The van der Waals surface area contributed by atoms with E-state index in [9.17, 15) is 4.79 Å². The Morgan fingerprint density at radius 1 is 1.32 bits per heavy atom. The summed E-state index contributed by atoms with van der Waals surface area (Å²) in [6.45, 7) is 5.94. The van der Waals surface area contributed by atoms with Crippen LogP contribution in [0.25, 0.3) is 11.3 Å². The number of rotatable bonds is 3. The number of carbonyl (C=O) groups excluding carboxylic acids is 1. The van der Waals surface area contributed by atoms with E-state index in [0.29, 0.717) is 0 Å². The molecule has 2 aromatic rings. The molecule has 0 fully saturated rings. The Bertz CT molecular complexity index is 702. The molecule has 1 aromatic heterocycles. The van der Waals surface area contributed by atoms with Crippen LogP contribution in [0.2, 0.25) is 0 Å². The first-order chi connectivity index (χ1) is 10.4.